The lowest BCUT2D eigenvalue weighted by Gasteiger charge is -2.51. The van der Waals surface area contributed by atoms with Crippen LogP contribution in [0.5, 0.6) is 0 Å². The summed E-state index contributed by atoms with van der Waals surface area (Å²) in [6, 6.07) is 29.8. The Hall–Kier alpha value is -2.46. The summed E-state index contributed by atoms with van der Waals surface area (Å²) >= 11 is 0. The Morgan fingerprint density at radius 1 is 0.900 bits per heavy atom. The second kappa shape index (κ2) is 9.57. The lowest BCUT2D eigenvalue weighted by Crippen LogP contribution is -2.55. The topological polar surface area (TPSA) is 32.7 Å². The molecular formula is C27H31NO2. The smallest absolute Gasteiger partial charge is 0.154 e. The number of methoxy groups -OCH3 is 1. The lowest BCUT2D eigenvalue weighted by atomic mass is 9.76. The molecule has 1 aliphatic heterocycles. The minimum atomic E-state index is -0.480. The molecule has 1 heterocycles. The van der Waals surface area contributed by atoms with E-state index in [0.29, 0.717) is 0 Å². The van der Waals surface area contributed by atoms with Crippen molar-refractivity contribution in [3.63, 3.8) is 0 Å². The Labute approximate surface area is 179 Å². The van der Waals surface area contributed by atoms with Gasteiger partial charge in [0.2, 0.25) is 0 Å². The lowest BCUT2D eigenvalue weighted by molar-refractivity contribution is -0.179. The normalized spacial score (nSPS) is 22.1. The van der Waals surface area contributed by atoms with Crippen molar-refractivity contribution in [2.75, 3.05) is 20.2 Å². The van der Waals surface area contributed by atoms with Gasteiger partial charge in [-0.15, -0.1) is 0 Å². The molecule has 1 N–H and O–H groups in total. The Kier molecular flexibility index (Phi) is 6.63. The number of benzene rings is 3. The number of aliphatic hydroxyl groups is 1. The summed E-state index contributed by atoms with van der Waals surface area (Å²) in [6.45, 7) is 2.03. The van der Waals surface area contributed by atoms with Crippen LogP contribution >= 0.6 is 0 Å². The van der Waals surface area contributed by atoms with Gasteiger partial charge >= 0.3 is 0 Å². The Bertz CT molecular complexity index is 911. The van der Waals surface area contributed by atoms with E-state index in [4.69, 9.17) is 4.74 Å². The fourth-order valence-electron chi connectivity index (χ4n) is 4.95. The number of ether oxygens (including phenoxy) is 1. The third-order valence-corrected chi connectivity index (χ3v) is 6.44. The summed E-state index contributed by atoms with van der Waals surface area (Å²) in [5.41, 5.74) is 4.31. The van der Waals surface area contributed by atoms with Crippen LogP contribution in [-0.2, 0) is 23.5 Å². The molecule has 3 heteroatoms. The zero-order valence-electron chi connectivity index (χ0n) is 17.7. The van der Waals surface area contributed by atoms with E-state index in [1.54, 1.807) is 0 Å². The van der Waals surface area contributed by atoms with Crippen LogP contribution in [0.3, 0.4) is 0 Å². The molecule has 0 amide bonds. The van der Waals surface area contributed by atoms with Gasteiger partial charge in [-0.1, -0.05) is 84.9 Å². The van der Waals surface area contributed by atoms with Gasteiger partial charge in [-0.2, -0.15) is 0 Å². The standard InChI is InChI=1S/C27H31NO2/c1-30-27(25-11-6-3-7-12-25)26(24-9-4-2-5-10-24)13-8-19-28(27)20-18-22-14-16-23(21-29)17-15-22/h2-7,9-12,14-17,26,29H,8,13,18-21H2,1H3/t26-,27?/m1/s1. The van der Waals surface area contributed by atoms with Crippen LogP contribution in [0.4, 0.5) is 0 Å². The highest BCUT2D eigenvalue weighted by atomic mass is 16.5. The number of aliphatic hydroxyl groups excluding tert-OH is 1. The highest BCUT2D eigenvalue weighted by molar-refractivity contribution is 5.32. The largest absolute Gasteiger partial charge is 0.392 e. The van der Waals surface area contributed by atoms with E-state index < -0.39 is 5.72 Å². The molecule has 3 aromatic carbocycles. The summed E-state index contributed by atoms with van der Waals surface area (Å²) in [5, 5.41) is 9.30. The van der Waals surface area contributed by atoms with Crippen molar-refractivity contribution in [1.82, 2.24) is 4.90 Å². The van der Waals surface area contributed by atoms with Crippen molar-refractivity contribution < 1.29 is 9.84 Å². The molecule has 4 rings (SSSR count). The van der Waals surface area contributed by atoms with Crippen LogP contribution in [0.1, 0.15) is 41.0 Å². The summed E-state index contributed by atoms with van der Waals surface area (Å²) < 4.78 is 6.46. The van der Waals surface area contributed by atoms with E-state index in [9.17, 15) is 5.11 Å². The van der Waals surface area contributed by atoms with Crippen molar-refractivity contribution in [3.05, 3.63) is 107 Å². The first-order valence-corrected chi connectivity index (χ1v) is 10.9. The van der Waals surface area contributed by atoms with Gasteiger partial charge in [0, 0.05) is 26.1 Å². The van der Waals surface area contributed by atoms with E-state index in [1.807, 2.05) is 19.2 Å². The first kappa shape index (κ1) is 20.8. The molecule has 0 bridgehead atoms. The maximum absolute atomic E-state index is 9.30. The minimum absolute atomic E-state index is 0.0892. The van der Waals surface area contributed by atoms with Crippen molar-refractivity contribution in [2.24, 2.45) is 0 Å². The van der Waals surface area contributed by atoms with Crippen molar-refractivity contribution >= 4 is 0 Å². The predicted molar refractivity (Wildman–Crippen MR) is 121 cm³/mol. The zero-order chi connectivity index (χ0) is 20.8. The number of hydrogen-bond donors (Lipinski definition) is 1. The van der Waals surface area contributed by atoms with Gasteiger partial charge < -0.3 is 9.84 Å². The number of piperidine rings is 1. The van der Waals surface area contributed by atoms with Crippen LogP contribution in [0.15, 0.2) is 84.9 Å². The zero-order valence-corrected chi connectivity index (χ0v) is 17.7. The summed E-state index contributed by atoms with van der Waals surface area (Å²) in [5.74, 6) is 0.275. The van der Waals surface area contributed by atoms with E-state index in [2.05, 4.69) is 77.7 Å². The molecule has 0 aromatic heterocycles. The van der Waals surface area contributed by atoms with Crippen LogP contribution in [0.25, 0.3) is 0 Å². The first-order chi connectivity index (χ1) is 14.8. The Balaban J connectivity index is 1.68. The van der Waals surface area contributed by atoms with Gasteiger partial charge in [0.15, 0.2) is 5.72 Å². The monoisotopic (exact) mass is 401 g/mol. The molecule has 0 spiro atoms. The minimum Gasteiger partial charge on any atom is -0.392 e. The maximum atomic E-state index is 9.30. The molecule has 1 unspecified atom stereocenters. The first-order valence-electron chi connectivity index (χ1n) is 10.9. The third-order valence-electron chi connectivity index (χ3n) is 6.44. The molecule has 3 nitrogen and oxygen atoms in total. The summed E-state index contributed by atoms with van der Waals surface area (Å²) in [4.78, 5) is 2.53. The highest BCUT2D eigenvalue weighted by Gasteiger charge is 2.48. The van der Waals surface area contributed by atoms with Crippen molar-refractivity contribution in [2.45, 2.75) is 37.5 Å². The van der Waals surface area contributed by atoms with Gasteiger partial charge in [0.1, 0.15) is 0 Å². The Morgan fingerprint density at radius 3 is 2.17 bits per heavy atom. The van der Waals surface area contributed by atoms with Gasteiger partial charge in [-0.3, -0.25) is 4.90 Å². The predicted octanol–water partition coefficient (Wildman–Crippen LogP) is 5.10. The molecule has 2 atom stereocenters. The van der Waals surface area contributed by atoms with Gasteiger partial charge in [-0.05, 0) is 41.5 Å². The second-order valence-electron chi connectivity index (χ2n) is 8.08. The summed E-state index contributed by atoms with van der Waals surface area (Å²) in [7, 11) is 1.86. The molecule has 156 valence electrons. The van der Waals surface area contributed by atoms with E-state index >= 15 is 0 Å². The van der Waals surface area contributed by atoms with E-state index in [1.165, 1.54) is 16.7 Å². The molecule has 30 heavy (non-hydrogen) atoms. The van der Waals surface area contributed by atoms with Crippen LogP contribution in [-0.4, -0.2) is 30.2 Å². The third kappa shape index (κ3) is 4.06. The van der Waals surface area contributed by atoms with Crippen molar-refractivity contribution in [1.29, 1.82) is 0 Å². The fourth-order valence-corrected chi connectivity index (χ4v) is 4.95. The molecule has 1 fully saturated rings. The summed E-state index contributed by atoms with van der Waals surface area (Å²) in [6.07, 6.45) is 3.21. The molecule has 3 aromatic rings. The number of nitrogens with zero attached hydrogens (tertiary/aromatic N) is 1. The van der Waals surface area contributed by atoms with Gasteiger partial charge in [0.25, 0.3) is 0 Å². The molecule has 0 saturated carbocycles. The highest BCUT2D eigenvalue weighted by Crippen LogP contribution is 2.48. The van der Waals surface area contributed by atoms with Crippen molar-refractivity contribution in [3.8, 4) is 0 Å². The second-order valence-corrected chi connectivity index (χ2v) is 8.08. The average Bonchev–Trinajstić information content (AvgIpc) is 2.83. The number of rotatable bonds is 7. The molecule has 1 saturated heterocycles. The SMILES string of the molecule is COC1(c2ccccc2)[C@@H](c2ccccc2)CCCN1CCc1ccc(CO)cc1. The average molecular weight is 402 g/mol. The quantitative estimate of drug-likeness (QED) is 0.598. The molecule has 0 aliphatic carbocycles. The number of likely N-dealkylation sites (tertiary alicyclic amines) is 1. The number of hydrogen-bond acceptors (Lipinski definition) is 3. The fraction of sp³-hybridized carbons (Fsp3) is 0.333. The van der Waals surface area contributed by atoms with Crippen LogP contribution in [0.2, 0.25) is 0 Å². The van der Waals surface area contributed by atoms with Crippen LogP contribution in [0, 0.1) is 0 Å². The van der Waals surface area contributed by atoms with Crippen LogP contribution < -0.4 is 0 Å². The molecular weight excluding hydrogens is 370 g/mol. The van der Waals surface area contributed by atoms with Gasteiger partial charge in [-0.25, -0.2) is 0 Å². The molecule has 1 aliphatic rings. The van der Waals surface area contributed by atoms with E-state index in [0.717, 1.165) is 37.9 Å². The van der Waals surface area contributed by atoms with Gasteiger partial charge in [0.05, 0.1) is 6.61 Å². The molecule has 0 radical (unpaired) electrons. The maximum Gasteiger partial charge on any atom is 0.154 e. The van der Waals surface area contributed by atoms with E-state index in [-0.39, 0.29) is 12.5 Å². The Morgan fingerprint density at radius 2 is 1.53 bits per heavy atom.